The number of rotatable bonds is 3. The van der Waals surface area contributed by atoms with E-state index in [1.165, 1.54) is 0 Å². The molecule has 0 amide bonds. The number of hydrogen-bond donors (Lipinski definition) is 0. The molecule has 1 aromatic rings. The van der Waals surface area contributed by atoms with E-state index in [1.54, 1.807) is 0 Å². The van der Waals surface area contributed by atoms with Crippen molar-refractivity contribution in [1.29, 1.82) is 0 Å². The molecule has 0 saturated heterocycles. The molecular formula is C10H11ClO4S. The second-order valence-corrected chi connectivity index (χ2v) is 6.44. The van der Waals surface area contributed by atoms with Crippen molar-refractivity contribution < 1.29 is 17.9 Å². The van der Waals surface area contributed by atoms with Crippen molar-refractivity contribution in [2.45, 2.75) is 13.0 Å². The van der Waals surface area contributed by atoms with E-state index >= 15 is 0 Å². The fraction of sp³-hybridized carbons (Fsp3) is 0.400. The smallest absolute Gasteiger partial charge is 0.232 e. The first-order valence-corrected chi connectivity index (χ1v) is 7.27. The maximum Gasteiger partial charge on any atom is 0.232 e. The summed E-state index contributed by atoms with van der Waals surface area (Å²) in [5.74, 6) is 0.735. The van der Waals surface area contributed by atoms with Crippen molar-refractivity contribution in [2.75, 3.05) is 12.5 Å². The van der Waals surface area contributed by atoms with Crippen LogP contribution in [0.4, 0.5) is 0 Å². The molecule has 0 atom stereocenters. The zero-order valence-electron chi connectivity index (χ0n) is 8.48. The highest BCUT2D eigenvalue weighted by Crippen LogP contribution is 2.24. The molecule has 0 aromatic heterocycles. The minimum Gasteiger partial charge on any atom is -0.467 e. The van der Waals surface area contributed by atoms with Crippen molar-refractivity contribution >= 4 is 19.7 Å². The first-order chi connectivity index (χ1) is 7.54. The van der Waals surface area contributed by atoms with Crippen molar-refractivity contribution in [2.24, 2.45) is 0 Å². The highest BCUT2D eigenvalue weighted by Gasteiger charge is 2.12. The summed E-state index contributed by atoms with van der Waals surface area (Å²) < 4.78 is 32.0. The van der Waals surface area contributed by atoms with Gasteiger partial charge in [0.25, 0.3) is 0 Å². The Morgan fingerprint density at radius 3 is 2.94 bits per heavy atom. The SMILES string of the molecule is O=S(=O)(Cl)CCc1ccc2c(c1)COCO2. The minimum absolute atomic E-state index is 0.0605. The minimum atomic E-state index is -3.43. The number of aryl methyl sites for hydroxylation is 1. The number of fused-ring (bicyclic) bond motifs is 1. The monoisotopic (exact) mass is 262 g/mol. The molecule has 2 rings (SSSR count). The van der Waals surface area contributed by atoms with Crippen LogP contribution in [-0.2, 0) is 26.8 Å². The summed E-state index contributed by atoms with van der Waals surface area (Å²) in [6.07, 6.45) is 0.402. The zero-order valence-corrected chi connectivity index (χ0v) is 10.1. The Morgan fingerprint density at radius 2 is 2.19 bits per heavy atom. The Balaban J connectivity index is 2.11. The van der Waals surface area contributed by atoms with E-state index in [-0.39, 0.29) is 12.5 Å². The van der Waals surface area contributed by atoms with Crippen molar-refractivity contribution in [3.63, 3.8) is 0 Å². The topological polar surface area (TPSA) is 52.6 Å². The third-order valence-corrected chi connectivity index (χ3v) is 3.47. The predicted molar refractivity (Wildman–Crippen MR) is 60.1 cm³/mol. The van der Waals surface area contributed by atoms with Gasteiger partial charge in [-0.2, -0.15) is 0 Å². The van der Waals surface area contributed by atoms with Gasteiger partial charge in [0.1, 0.15) is 5.75 Å². The highest BCUT2D eigenvalue weighted by atomic mass is 35.7. The summed E-state index contributed by atoms with van der Waals surface area (Å²) in [6.45, 7) is 0.763. The first-order valence-electron chi connectivity index (χ1n) is 4.79. The van der Waals surface area contributed by atoms with Gasteiger partial charge >= 0.3 is 0 Å². The number of benzene rings is 1. The van der Waals surface area contributed by atoms with Crippen LogP contribution >= 0.6 is 10.7 Å². The van der Waals surface area contributed by atoms with E-state index in [1.807, 2.05) is 18.2 Å². The molecule has 0 radical (unpaired) electrons. The Bertz CT molecular complexity index is 484. The van der Waals surface area contributed by atoms with Crippen LogP contribution in [0.25, 0.3) is 0 Å². The Kier molecular flexibility index (Phi) is 3.37. The summed E-state index contributed by atoms with van der Waals surface area (Å²) in [5, 5.41) is 0. The van der Waals surface area contributed by atoms with Crippen LogP contribution in [0.2, 0.25) is 0 Å². The lowest BCUT2D eigenvalue weighted by atomic mass is 10.1. The number of halogens is 1. The molecule has 1 aliphatic rings. The molecule has 4 nitrogen and oxygen atoms in total. The molecule has 16 heavy (non-hydrogen) atoms. The van der Waals surface area contributed by atoms with E-state index < -0.39 is 9.05 Å². The third kappa shape index (κ3) is 3.10. The molecule has 0 aliphatic carbocycles. The summed E-state index contributed by atoms with van der Waals surface area (Å²) in [5.41, 5.74) is 1.85. The normalized spacial score (nSPS) is 15.3. The van der Waals surface area contributed by atoms with Gasteiger partial charge in [-0.15, -0.1) is 0 Å². The summed E-state index contributed by atoms with van der Waals surface area (Å²) in [7, 11) is 1.72. The fourth-order valence-electron chi connectivity index (χ4n) is 1.54. The van der Waals surface area contributed by atoms with E-state index in [2.05, 4.69) is 0 Å². The Labute approximate surface area is 98.5 Å². The van der Waals surface area contributed by atoms with Crippen LogP contribution in [0.5, 0.6) is 5.75 Å². The Hall–Kier alpha value is -0.780. The van der Waals surface area contributed by atoms with Gasteiger partial charge in [0.15, 0.2) is 6.79 Å². The van der Waals surface area contributed by atoms with Crippen LogP contribution in [0.3, 0.4) is 0 Å². The largest absolute Gasteiger partial charge is 0.467 e. The quantitative estimate of drug-likeness (QED) is 0.778. The van der Waals surface area contributed by atoms with E-state index in [4.69, 9.17) is 20.2 Å². The van der Waals surface area contributed by atoms with Crippen LogP contribution in [0.1, 0.15) is 11.1 Å². The average molecular weight is 263 g/mol. The van der Waals surface area contributed by atoms with Crippen LogP contribution in [0.15, 0.2) is 18.2 Å². The molecule has 0 spiro atoms. The van der Waals surface area contributed by atoms with Gasteiger partial charge in [0.2, 0.25) is 9.05 Å². The first kappa shape index (κ1) is 11.7. The van der Waals surface area contributed by atoms with Gasteiger partial charge in [-0.3, -0.25) is 0 Å². The van der Waals surface area contributed by atoms with Crippen LogP contribution < -0.4 is 4.74 Å². The second-order valence-electron chi connectivity index (χ2n) is 3.55. The molecule has 0 fully saturated rings. The summed E-state index contributed by atoms with van der Waals surface area (Å²) >= 11 is 0. The van der Waals surface area contributed by atoms with Gasteiger partial charge in [-0.05, 0) is 24.1 Å². The highest BCUT2D eigenvalue weighted by molar-refractivity contribution is 8.13. The molecule has 6 heteroatoms. The third-order valence-electron chi connectivity index (χ3n) is 2.31. The second kappa shape index (κ2) is 4.61. The van der Waals surface area contributed by atoms with Gasteiger partial charge in [-0.1, -0.05) is 6.07 Å². The molecule has 0 N–H and O–H groups in total. The summed E-state index contributed by atoms with van der Waals surface area (Å²) in [4.78, 5) is 0. The molecule has 0 bridgehead atoms. The molecular weight excluding hydrogens is 252 g/mol. The molecule has 0 saturated carbocycles. The van der Waals surface area contributed by atoms with Crippen molar-refractivity contribution in [1.82, 2.24) is 0 Å². The lowest BCUT2D eigenvalue weighted by Gasteiger charge is -2.18. The van der Waals surface area contributed by atoms with Crippen LogP contribution in [-0.4, -0.2) is 21.0 Å². The predicted octanol–water partition coefficient (Wildman–Crippen LogP) is 1.66. The molecule has 1 heterocycles. The summed E-state index contributed by atoms with van der Waals surface area (Å²) in [6, 6.07) is 5.55. The van der Waals surface area contributed by atoms with Gasteiger partial charge in [-0.25, -0.2) is 8.42 Å². The van der Waals surface area contributed by atoms with E-state index in [0.717, 1.165) is 16.9 Å². The molecule has 88 valence electrons. The molecule has 0 unspecified atom stereocenters. The number of ether oxygens (including phenoxy) is 2. The fourth-order valence-corrected chi connectivity index (χ4v) is 2.25. The van der Waals surface area contributed by atoms with Gasteiger partial charge in [0.05, 0.1) is 12.4 Å². The standard InChI is InChI=1S/C10H11ClO4S/c11-16(12,13)4-3-8-1-2-10-9(5-8)6-14-7-15-10/h1-2,5H,3-4,6-7H2. The maximum absolute atomic E-state index is 10.8. The van der Waals surface area contributed by atoms with E-state index in [9.17, 15) is 8.42 Å². The number of hydrogen-bond acceptors (Lipinski definition) is 4. The molecule has 1 aromatic carbocycles. The zero-order chi connectivity index (χ0) is 11.6. The maximum atomic E-state index is 10.8. The van der Waals surface area contributed by atoms with Crippen molar-refractivity contribution in [3.8, 4) is 5.75 Å². The molecule has 1 aliphatic heterocycles. The van der Waals surface area contributed by atoms with Crippen LogP contribution in [0, 0.1) is 0 Å². The lowest BCUT2D eigenvalue weighted by Crippen LogP contribution is -2.11. The Morgan fingerprint density at radius 1 is 1.38 bits per heavy atom. The lowest BCUT2D eigenvalue weighted by molar-refractivity contribution is -0.0164. The van der Waals surface area contributed by atoms with Crippen molar-refractivity contribution in [3.05, 3.63) is 29.3 Å². The van der Waals surface area contributed by atoms with Gasteiger partial charge < -0.3 is 9.47 Å². The van der Waals surface area contributed by atoms with E-state index in [0.29, 0.717) is 13.0 Å². The van der Waals surface area contributed by atoms with Gasteiger partial charge in [0, 0.05) is 16.2 Å². The average Bonchev–Trinajstić information content (AvgIpc) is 2.25.